The molecule has 0 aliphatic heterocycles. The van der Waals surface area contributed by atoms with Gasteiger partial charge in [-0.25, -0.2) is 8.42 Å². The van der Waals surface area contributed by atoms with E-state index in [9.17, 15) is 23.6 Å². The second-order valence-electron chi connectivity index (χ2n) is 3.72. The van der Waals surface area contributed by atoms with E-state index in [1.54, 1.807) is 0 Å². The Labute approximate surface area is 120 Å². The first-order chi connectivity index (χ1) is 8.63. The van der Waals surface area contributed by atoms with Gasteiger partial charge in [0.1, 0.15) is 6.10 Å². The van der Waals surface area contributed by atoms with Crippen LogP contribution in [0.4, 0.5) is 5.69 Å². The van der Waals surface area contributed by atoms with Crippen LogP contribution in [0.3, 0.4) is 0 Å². The lowest BCUT2D eigenvalue weighted by Gasteiger charge is -2.25. The van der Waals surface area contributed by atoms with Gasteiger partial charge in [-0.2, -0.15) is 0 Å². The maximum absolute atomic E-state index is 11.7. The van der Waals surface area contributed by atoms with Crippen molar-refractivity contribution in [3.05, 3.63) is 39.9 Å². The summed E-state index contributed by atoms with van der Waals surface area (Å²) >= 11 is 11.4. The molecule has 1 aromatic carbocycles. The quantitative estimate of drug-likeness (QED) is 0.508. The van der Waals surface area contributed by atoms with Gasteiger partial charge in [-0.3, -0.25) is 10.1 Å². The Morgan fingerprint density at radius 3 is 2.53 bits per heavy atom. The van der Waals surface area contributed by atoms with Gasteiger partial charge in [0.25, 0.3) is 5.69 Å². The summed E-state index contributed by atoms with van der Waals surface area (Å²) in [6.45, 7) is 1.33. The summed E-state index contributed by atoms with van der Waals surface area (Å²) in [4.78, 5) is 9.95. The highest BCUT2D eigenvalue weighted by atomic mass is 35.5. The third kappa shape index (κ3) is 3.17. The van der Waals surface area contributed by atoms with E-state index in [0.717, 1.165) is 6.07 Å². The highest BCUT2D eigenvalue weighted by molar-refractivity contribution is 7.95. The third-order valence-electron chi connectivity index (χ3n) is 2.51. The molecule has 19 heavy (non-hydrogen) atoms. The molecule has 0 saturated carbocycles. The molecule has 1 aromatic rings. The fourth-order valence-corrected chi connectivity index (χ4v) is 3.13. The van der Waals surface area contributed by atoms with E-state index in [1.165, 1.54) is 25.1 Å². The van der Waals surface area contributed by atoms with Crippen molar-refractivity contribution >= 4 is 38.7 Å². The van der Waals surface area contributed by atoms with E-state index in [1.807, 2.05) is 0 Å². The summed E-state index contributed by atoms with van der Waals surface area (Å²) in [6.07, 6.45) is -1.79. The lowest BCUT2D eigenvalue weighted by Crippen LogP contribution is -2.34. The zero-order valence-electron chi connectivity index (χ0n) is 9.79. The van der Waals surface area contributed by atoms with Gasteiger partial charge in [0, 0.05) is 12.1 Å². The molecular formula is C10H11Cl2NO5S. The smallest absolute Gasteiger partial charge is 0.269 e. The highest BCUT2D eigenvalue weighted by Gasteiger charge is 2.46. The lowest BCUT2D eigenvalue weighted by atomic mass is 10.1. The van der Waals surface area contributed by atoms with Crippen LogP contribution in [0.5, 0.6) is 0 Å². The molecule has 1 N–H and O–H groups in total. The van der Waals surface area contributed by atoms with E-state index in [4.69, 9.17) is 23.2 Å². The average Bonchev–Trinajstić information content (AvgIpc) is 2.37. The van der Waals surface area contributed by atoms with Crippen molar-refractivity contribution in [2.24, 2.45) is 0 Å². The van der Waals surface area contributed by atoms with Crippen LogP contribution in [0.25, 0.3) is 0 Å². The average molecular weight is 328 g/mol. The normalized spacial score (nSPS) is 14.1. The first-order valence-electron chi connectivity index (χ1n) is 5.16. The predicted molar refractivity (Wildman–Crippen MR) is 72.0 cm³/mol. The molecule has 106 valence electrons. The number of hydrogen-bond donors (Lipinski definition) is 1. The van der Waals surface area contributed by atoms with Crippen molar-refractivity contribution in [2.75, 3.05) is 5.75 Å². The van der Waals surface area contributed by atoms with Crippen molar-refractivity contribution < 1.29 is 18.4 Å². The summed E-state index contributed by atoms with van der Waals surface area (Å²) in [5, 5.41) is 20.6. The van der Waals surface area contributed by atoms with E-state index in [2.05, 4.69) is 0 Å². The van der Waals surface area contributed by atoms with Gasteiger partial charge in [0.15, 0.2) is 9.84 Å². The molecule has 0 aromatic heterocycles. The second-order valence-corrected chi connectivity index (χ2v) is 8.00. The number of hydrogen-bond acceptors (Lipinski definition) is 5. The van der Waals surface area contributed by atoms with Crippen molar-refractivity contribution in [1.82, 2.24) is 0 Å². The molecule has 0 spiro atoms. The number of sulfone groups is 1. The molecule has 0 aliphatic rings. The molecule has 0 saturated heterocycles. The fourth-order valence-electron chi connectivity index (χ4n) is 1.36. The molecule has 1 atom stereocenters. The minimum atomic E-state index is -3.97. The predicted octanol–water partition coefficient (Wildman–Crippen LogP) is 2.19. The standard InChI is InChI=1S/C10H11Cl2NO5S/c1-2-19(17,18)10(11,12)9(14)7-4-3-5-8(6-7)13(15)16/h3-6,9,14H,2H2,1H3/t9-/m0/s1. The van der Waals surface area contributed by atoms with Crippen LogP contribution in [-0.2, 0) is 9.84 Å². The largest absolute Gasteiger partial charge is 0.384 e. The minimum Gasteiger partial charge on any atom is -0.384 e. The number of nitro benzene ring substituents is 1. The van der Waals surface area contributed by atoms with E-state index < -0.39 is 24.5 Å². The van der Waals surface area contributed by atoms with Gasteiger partial charge in [0.2, 0.25) is 3.67 Å². The lowest BCUT2D eigenvalue weighted by molar-refractivity contribution is -0.385. The van der Waals surface area contributed by atoms with Crippen LogP contribution in [-0.4, -0.2) is 27.9 Å². The summed E-state index contributed by atoms with van der Waals surface area (Å²) < 4.78 is 20.9. The third-order valence-corrected chi connectivity index (χ3v) is 6.15. The van der Waals surface area contributed by atoms with Crippen LogP contribution >= 0.6 is 23.2 Å². The molecule has 0 unspecified atom stereocenters. The number of aliphatic hydroxyl groups is 1. The maximum atomic E-state index is 11.7. The van der Waals surface area contributed by atoms with Crippen LogP contribution in [0.15, 0.2) is 24.3 Å². The zero-order valence-corrected chi connectivity index (χ0v) is 12.1. The number of nitro groups is 1. The number of aliphatic hydroxyl groups excluding tert-OH is 1. The number of non-ortho nitro benzene ring substituents is 1. The van der Waals surface area contributed by atoms with Crippen molar-refractivity contribution in [3.63, 3.8) is 0 Å². The first-order valence-corrected chi connectivity index (χ1v) is 7.57. The van der Waals surface area contributed by atoms with Gasteiger partial charge in [-0.15, -0.1) is 0 Å². The van der Waals surface area contributed by atoms with E-state index in [0.29, 0.717) is 0 Å². The van der Waals surface area contributed by atoms with E-state index in [-0.39, 0.29) is 17.0 Å². The summed E-state index contributed by atoms with van der Waals surface area (Å²) in [7, 11) is -3.97. The molecule has 0 aliphatic carbocycles. The van der Waals surface area contributed by atoms with Crippen LogP contribution in [0.1, 0.15) is 18.6 Å². The Bertz CT molecular complexity index is 587. The number of alkyl halides is 2. The monoisotopic (exact) mass is 327 g/mol. The Morgan fingerprint density at radius 2 is 2.05 bits per heavy atom. The van der Waals surface area contributed by atoms with Crippen LogP contribution in [0.2, 0.25) is 0 Å². The van der Waals surface area contributed by atoms with Crippen molar-refractivity contribution in [3.8, 4) is 0 Å². The van der Waals surface area contributed by atoms with Crippen molar-refractivity contribution in [2.45, 2.75) is 16.7 Å². The summed E-state index contributed by atoms with van der Waals surface area (Å²) in [5.41, 5.74) is -0.342. The van der Waals surface area contributed by atoms with Crippen LogP contribution < -0.4 is 0 Å². The molecule has 9 heteroatoms. The number of nitrogens with zero attached hydrogens (tertiary/aromatic N) is 1. The summed E-state index contributed by atoms with van der Waals surface area (Å²) in [6, 6.07) is 4.84. The van der Waals surface area contributed by atoms with Gasteiger partial charge in [-0.1, -0.05) is 42.3 Å². The van der Waals surface area contributed by atoms with E-state index >= 15 is 0 Å². The molecule has 0 fully saturated rings. The molecular weight excluding hydrogens is 317 g/mol. The molecule has 1 rings (SSSR count). The Balaban J connectivity index is 3.24. The van der Waals surface area contributed by atoms with Crippen LogP contribution in [0, 0.1) is 10.1 Å². The second kappa shape index (κ2) is 5.62. The number of rotatable bonds is 5. The van der Waals surface area contributed by atoms with Gasteiger partial charge in [0.05, 0.1) is 10.7 Å². The van der Waals surface area contributed by atoms with Crippen molar-refractivity contribution in [1.29, 1.82) is 0 Å². The SMILES string of the molecule is CCS(=O)(=O)C(Cl)(Cl)[C@@H](O)c1cccc([N+](=O)[O-])c1. The zero-order chi connectivity index (χ0) is 14.8. The maximum Gasteiger partial charge on any atom is 0.269 e. The molecule has 0 radical (unpaired) electrons. The topological polar surface area (TPSA) is 97.5 Å². The Morgan fingerprint density at radius 1 is 1.47 bits per heavy atom. The molecule has 6 nitrogen and oxygen atoms in total. The minimum absolute atomic E-state index is 0.0452. The Hall–Kier alpha value is -0.890. The first kappa shape index (κ1) is 16.2. The number of halogens is 2. The van der Waals surface area contributed by atoms with Gasteiger partial charge >= 0.3 is 0 Å². The number of benzene rings is 1. The molecule has 0 amide bonds. The van der Waals surface area contributed by atoms with Gasteiger partial charge in [-0.05, 0) is 5.56 Å². The summed E-state index contributed by atoms with van der Waals surface area (Å²) in [5.74, 6) is -0.369. The highest BCUT2D eigenvalue weighted by Crippen LogP contribution is 2.41. The molecule has 0 bridgehead atoms. The Kier molecular flexibility index (Phi) is 4.78. The fraction of sp³-hybridized carbons (Fsp3) is 0.400. The van der Waals surface area contributed by atoms with Gasteiger partial charge < -0.3 is 5.11 Å². The molecule has 0 heterocycles.